The summed E-state index contributed by atoms with van der Waals surface area (Å²) in [6, 6.07) is 10.1. The molecule has 1 saturated heterocycles. The van der Waals surface area contributed by atoms with Crippen molar-refractivity contribution in [2.24, 2.45) is 11.0 Å². The van der Waals surface area contributed by atoms with E-state index in [4.69, 9.17) is 10.3 Å². The molecule has 2 N–H and O–H groups in total. The number of ether oxygens (including phenoxy) is 1. The maximum Gasteiger partial charge on any atom is 0.163 e. The summed E-state index contributed by atoms with van der Waals surface area (Å²) < 4.78 is 5.73. The van der Waals surface area contributed by atoms with E-state index in [9.17, 15) is 5.11 Å². The summed E-state index contributed by atoms with van der Waals surface area (Å²) in [7, 11) is 0. The van der Waals surface area contributed by atoms with Gasteiger partial charge >= 0.3 is 0 Å². The van der Waals surface area contributed by atoms with Gasteiger partial charge in [-0.15, -0.1) is 0 Å². The van der Waals surface area contributed by atoms with Crippen molar-refractivity contribution in [2.75, 3.05) is 0 Å². The Morgan fingerprint density at radius 3 is 2.68 bits per heavy atom. The number of hydrogen-bond acceptors (Lipinski definition) is 4. The molecule has 1 heterocycles. The Morgan fingerprint density at radius 2 is 2.05 bits per heavy atom. The van der Waals surface area contributed by atoms with E-state index in [1.165, 1.54) is 18.4 Å². The number of aliphatic hydroxyl groups excluding tert-OH is 1. The highest BCUT2D eigenvalue weighted by Crippen LogP contribution is 2.37. The van der Waals surface area contributed by atoms with Gasteiger partial charge in [-0.2, -0.15) is 0 Å². The summed E-state index contributed by atoms with van der Waals surface area (Å²) in [5, 5.41) is 17.2. The quantitative estimate of drug-likeness (QED) is 0.481. The van der Waals surface area contributed by atoms with Gasteiger partial charge in [0, 0.05) is 17.5 Å². The second kappa shape index (κ2) is 7.11. The SMILES string of the molecule is [N-]=[N+]=NC1CC[C@@H]([C@H](NCc2ccccc2)C2CC2)OC1O. The molecule has 0 bridgehead atoms. The zero-order chi connectivity index (χ0) is 15.4. The fourth-order valence-corrected chi connectivity index (χ4v) is 3.15. The highest BCUT2D eigenvalue weighted by Gasteiger charge is 2.40. The molecule has 118 valence electrons. The van der Waals surface area contributed by atoms with Crippen LogP contribution in [0.2, 0.25) is 0 Å². The Labute approximate surface area is 130 Å². The minimum atomic E-state index is -0.991. The molecule has 1 saturated carbocycles. The first kappa shape index (κ1) is 15.3. The van der Waals surface area contributed by atoms with Crippen LogP contribution < -0.4 is 5.32 Å². The molecule has 1 aromatic rings. The van der Waals surface area contributed by atoms with Gasteiger partial charge in [0.05, 0.1) is 12.1 Å². The highest BCUT2D eigenvalue weighted by atomic mass is 16.6. The van der Waals surface area contributed by atoms with Crippen LogP contribution in [0.1, 0.15) is 31.2 Å². The maximum atomic E-state index is 9.99. The zero-order valence-corrected chi connectivity index (χ0v) is 12.5. The molecule has 1 aliphatic carbocycles. The van der Waals surface area contributed by atoms with Gasteiger partial charge in [-0.05, 0) is 42.7 Å². The predicted molar refractivity (Wildman–Crippen MR) is 82.8 cm³/mol. The van der Waals surface area contributed by atoms with Crippen LogP contribution in [0.3, 0.4) is 0 Å². The van der Waals surface area contributed by atoms with Crippen molar-refractivity contribution in [3.05, 3.63) is 46.3 Å². The van der Waals surface area contributed by atoms with Crippen molar-refractivity contribution >= 4 is 0 Å². The Hall–Kier alpha value is -1.59. The van der Waals surface area contributed by atoms with E-state index in [1.807, 2.05) is 18.2 Å². The van der Waals surface area contributed by atoms with Crippen molar-refractivity contribution in [3.63, 3.8) is 0 Å². The molecule has 1 aromatic carbocycles. The van der Waals surface area contributed by atoms with Gasteiger partial charge in [0.2, 0.25) is 0 Å². The molecule has 0 amide bonds. The zero-order valence-electron chi connectivity index (χ0n) is 12.5. The molecule has 0 aromatic heterocycles. The lowest BCUT2D eigenvalue weighted by atomic mass is 9.95. The van der Waals surface area contributed by atoms with Crippen molar-refractivity contribution in [3.8, 4) is 0 Å². The van der Waals surface area contributed by atoms with Gasteiger partial charge in [0.15, 0.2) is 6.29 Å². The number of rotatable bonds is 6. The summed E-state index contributed by atoms with van der Waals surface area (Å²) in [6.07, 6.45) is 2.89. The summed E-state index contributed by atoms with van der Waals surface area (Å²) in [6.45, 7) is 0.803. The van der Waals surface area contributed by atoms with Gasteiger partial charge in [-0.1, -0.05) is 35.4 Å². The third-order valence-electron chi connectivity index (χ3n) is 4.51. The molecule has 2 aliphatic rings. The third kappa shape index (κ3) is 3.78. The average Bonchev–Trinajstić information content (AvgIpc) is 3.36. The van der Waals surface area contributed by atoms with E-state index >= 15 is 0 Å². The van der Waals surface area contributed by atoms with Crippen molar-refractivity contribution in [2.45, 2.75) is 56.7 Å². The molecule has 0 spiro atoms. The van der Waals surface area contributed by atoms with E-state index in [0.29, 0.717) is 12.3 Å². The number of benzene rings is 1. The fraction of sp³-hybridized carbons (Fsp3) is 0.625. The highest BCUT2D eigenvalue weighted by molar-refractivity contribution is 5.14. The molecule has 3 rings (SSSR count). The van der Waals surface area contributed by atoms with Crippen molar-refractivity contribution in [1.82, 2.24) is 5.32 Å². The van der Waals surface area contributed by atoms with Gasteiger partial charge in [-0.25, -0.2) is 0 Å². The van der Waals surface area contributed by atoms with E-state index in [-0.39, 0.29) is 12.1 Å². The maximum absolute atomic E-state index is 9.99. The van der Waals surface area contributed by atoms with Crippen LogP contribution in [0.4, 0.5) is 0 Å². The molecule has 2 unspecified atom stereocenters. The Morgan fingerprint density at radius 1 is 1.27 bits per heavy atom. The summed E-state index contributed by atoms with van der Waals surface area (Å²) in [5.74, 6) is 0.622. The minimum absolute atomic E-state index is 0.0173. The molecular formula is C16H22N4O2. The van der Waals surface area contributed by atoms with E-state index in [0.717, 1.165) is 13.0 Å². The first-order valence-corrected chi connectivity index (χ1v) is 7.93. The van der Waals surface area contributed by atoms with Gasteiger partial charge in [0.1, 0.15) is 0 Å². The molecule has 2 fully saturated rings. The molecular weight excluding hydrogens is 280 g/mol. The predicted octanol–water partition coefficient (Wildman–Crippen LogP) is 2.73. The van der Waals surface area contributed by atoms with Gasteiger partial charge < -0.3 is 15.2 Å². The number of nitrogens with one attached hydrogen (secondary N) is 1. The average molecular weight is 302 g/mol. The lowest BCUT2D eigenvalue weighted by Gasteiger charge is -2.36. The van der Waals surface area contributed by atoms with Crippen LogP contribution >= 0.6 is 0 Å². The number of nitrogens with zero attached hydrogens (tertiary/aromatic N) is 3. The lowest BCUT2D eigenvalue weighted by molar-refractivity contribution is -0.181. The largest absolute Gasteiger partial charge is 0.368 e. The second-order valence-corrected chi connectivity index (χ2v) is 6.14. The first-order valence-electron chi connectivity index (χ1n) is 7.93. The lowest BCUT2D eigenvalue weighted by Crippen LogP contribution is -2.49. The van der Waals surface area contributed by atoms with E-state index < -0.39 is 12.3 Å². The van der Waals surface area contributed by atoms with Crippen LogP contribution in [-0.4, -0.2) is 29.6 Å². The van der Waals surface area contributed by atoms with Crippen LogP contribution in [0.5, 0.6) is 0 Å². The van der Waals surface area contributed by atoms with Gasteiger partial charge in [0.25, 0.3) is 0 Å². The first-order chi connectivity index (χ1) is 10.8. The van der Waals surface area contributed by atoms with Crippen molar-refractivity contribution < 1.29 is 9.84 Å². The van der Waals surface area contributed by atoms with E-state index in [2.05, 4.69) is 27.5 Å². The normalized spacial score (nSPS) is 29.6. The number of azide groups is 1. The molecule has 6 heteroatoms. The molecule has 4 atom stereocenters. The Kier molecular flexibility index (Phi) is 4.95. The number of aliphatic hydroxyl groups is 1. The van der Waals surface area contributed by atoms with Gasteiger partial charge in [-0.3, -0.25) is 0 Å². The molecule has 1 aliphatic heterocycles. The van der Waals surface area contributed by atoms with E-state index in [1.54, 1.807) is 0 Å². The fourth-order valence-electron chi connectivity index (χ4n) is 3.15. The van der Waals surface area contributed by atoms with Crippen molar-refractivity contribution in [1.29, 1.82) is 0 Å². The third-order valence-corrected chi connectivity index (χ3v) is 4.51. The second-order valence-electron chi connectivity index (χ2n) is 6.14. The molecule has 22 heavy (non-hydrogen) atoms. The Bertz CT molecular complexity index is 528. The monoisotopic (exact) mass is 302 g/mol. The summed E-state index contributed by atoms with van der Waals surface area (Å²) in [5.41, 5.74) is 9.75. The van der Waals surface area contributed by atoms with Crippen LogP contribution in [0.15, 0.2) is 35.4 Å². The minimum Gasteiger partial charge on any atom is -0.368 e. The topological polar surface area (TPSA) is 90.3 Å². The smallest absolute Gasteiger partial charge is 0.163 e. The van der Waals surface area contributed by atoms with Crippen LogP contribution in [0, 0.1) is 5.92 Å². The molecule has 6 nitrogen and oxygen atoms in total. The number of hydrogen-bond donors (Lipinski definition) is 2. The molecule has 0 radical (unpaired) electrons. The summed E-state index contributed by atoms with van der Waals surface area (Å²) in [4.78, 5) is 2.77. The van der Waals surface area contributed by atoms with Crippen LogP contribution in [0.25, 0.3) is 10.4 Å². The van der Waals surface area contributed by atoms with Crippen LogP contribution in [-0.2, 0) is 11.3 Å². The Balaban J connectivity index is 1.59. The summed E-state index contributed by atoms with van der Waals surface area (Å²) >= 11 is 0. The standard InChI is InChI=1S/C16H22N4O2/c17-20-19-13-8-9-14(22-16(13)21)15(12-6-7-12)18-10-11-4-2-1-3-5-11/h1-5,12-16,18,21H,6-10H2/t13?,14-,15+,16?/m0/s1.